The fourth-order valence-electron chi connectivity index (χ4n) is 2.53. The van der Waals surface area contributed by atoms with Crippen molar-refractivity contribution in [1.82, 2.24) is 20.0 Å². The van der Waals surface area contributed by atoms with Gasteiger partial charge in [-0.3, -0.25) is 4.90 Å². The quantitative estimate of drug-likeness (QED) is 0.896. The minimum atomic E-state index is 0.919. The summed E-state index contributed by atoms with van der Waals surface area (Å²) in [7, 11) is 0. The molecule has 3 heterocycles. The van der Waals surface area contributed by atoms with Crippen molar-refractivity contribution in [2.75, 3.05) is 6.54 Å². The second-order valence-corrected chi connectivity index (χ2v) is 5.21. The minimum absolute atomic E-state index is 0.919. The van der Waals surface area contributed by atoms with Gasteiger partial charge in [0.1, 0.15) is 12.1 Å². The molecule has 5 nitrogen and oxygen atoms in total. The highest BCUT2D eigenvalue weighted by Crippen LogP contribution is 2.18. The fourth-order valence-corrected chi connectivity index (χ4v) is 2.53. The van der Waals surface area contributed by atoms with Gasteiger partial charge >= 0.3 is 0 Å². The van der Waals surface area contributed by atoms with Crippen LogP contribution in [0.15, 0.2) is 17.0 Å². The predicted octanol–water partition coefficient (Wildman–Crippen LogP) is 2.30. The number of rotatable bonds is 5. The molecule has 0 bridgehead atoms. The van der Waals surface area contributed by atoms with Crippen LogP contribution in [0.4, 0.5) is 0 Å². The van der Waals surface area contributed by atoms with Gasteiger partial charge in [-0.05, 0) is 6.42 Å². The van der Waals surface area contributed by atoms with E-state index < -0.39 is 0 Å². The maximum atomic E-state index is 5.02. The highest BCUT2D eigenvalue weighted by molar-refractivity contribution is 5.17. The fraction of sp³-hybridized carbons (Fsp3) is 0.571. The Labute approximate surface area is 113 Å². The highest BCUT2D eigenvalue weighted by Gasteiger charge is 2.19. The van der Waals surface area contributed by atoms with Gasteiger partial charge in [-0.2, -0.15) is 0 Å². The average molecular weight is 260 g/mol. The van der Waals surface area contributed by atoms with Gasteiger partial charge in [0.2, 0.25) is 0 Å². The summed E-state index contributed by atoms with van der Waals surface area (Å²) in [6, 6.07) is 0. The SMILES string of the molecule is CCCCc1ncc(CN2CCc3nocc3C2)[nH]1. The highest BCUT2D eigenvalue weighted by atomic mass is 16.5. The summed E-state index contributed by atoms with van der Waals surface area (Å²) in [5.41, 5.74) is 3.53. The van der Waals surface area contributed by atoms with Crippen molar-refractivity contribution in [1.29, 1.82) is 0 Å². The van der Waals surface area contributed by atoms with Crippen molar-refractivity contribution in [2.24, 2.45) is 0 Å². The van der Waals surface area contributed by atoms with Gasteiger partial charge in [0.25, 0.3) is 0 Å². The number of aryl methyl sites for hydroxylation is 1. The van der Waals surface area contributed by atoms with Crippen LogP contribution in [0.5, 0.6) is 0 Å². The summed E-state index contributed by atoms with van der Waals surface area (Å²) < 4.78 is 5.02. The molecule has 0 radical (unpaired) electrons. The normalized spacial score (nSPS) is 15.6. The van der Waals surface area contributed by atoms with Crippen LogP contribution < -0.4 is 0 Å². The Hall–Kier alpha value is -1.62. The number of aromatic nitrogens is 3. The molecule has 1 aliphatic heterocycles. The largest absolute Gasteiger partial charge is 0.364 e. The van der Waals surface area contributed by atoms with E-state index in [9.17, 15) is 0 Å². The number of imidazole rings is 1. The minimum Gasteiger partial charge on any atom is -0.364 e. The lowest BCUT2D eigenvalue weighted by Crippen LogP contribution is -2.29. The number of hydrogen-bond donors (Lipinski definition) is 1. The van der Waals surface area contributed by atoms with E-state index in [1.807, 2.05) is 6.20 Å². The number of H-pyrrole nitrogens is 1. The van der Waals surface area contributed by atoms with Gasteiger partial charge in [0, 0.05) is 49.9 Å². The molecule has 19 heavy (non-hydrogen) atoms. The lowest BCUT2D eigenvalue weighted by molar-refractivity contribution is 0.242. The molecule has 0 atom stereocenters. The molecule has 0 saturated heterocycles. The van der Waals surface area contributed by atoms with Crippen LogP contribution in [-0.2, 0) is 25.9 Å². The average Bonchev–Trinajstić information content (AvgIpc) is 3.05. The second kappa shape index (κ2) is 5.57. The molecule has 102 valence electrons. The summed E-state index contributed by atoms with van der Waals surface area (Å²) in [4.78, 5) is 10.3. The third-order valence-corrected chi connectivity index (χ3v) is 3.63. The Kier molecular flexibility index (Phi) is 3.64. The molecule has 1 aliphatic rings. The zero-order chi connectivity index (χ0) is 13.1. The second-order valence-electron chi connectivity index (χ2n) is 5.21. The summed E-state index contributed by atoms with van der Waals surface area (Å²) in [6.07, 6.45) is 8.16. The molecule has 0 amide bonds. The molecule has 0 spiro atoms. The number of fused-ring (bicyclic) bond motifs is 1. The lowest BCUT2D eigenvalue weighted by Gasteiger charge is -2.24. The van der Waals surface area contributed by atoms with E-state index >= 15 is 0 Å². The number of nitrogens with zero attached hydrogens (tertiary/aromatic N) is 3. The summed E-state index contributed by atoms with van der Waals surface area (Å²) in [5.74, 6) is 1.11. The first-order valence-corrected chi connectivity index (χ1v) is 7.02. The van der Waals surface area contributed by atoms with Crippen LogP contribution >= 0.6 is 0 Å². The van der Waals surface area contributed by atoms with Crippen LogP contribution in [0.25, 0.3) is 0 Å². The molecular weight excluding hydrogens is 240 g/mol. The van der Waals surface area contributed by atoms with Crippen molar-refractivity contribution < 1.29 is 4.52 Å². The Morgan fingerprint density at radius 3 is 3.32 bits per heavy atom. The van der Waals surface area contributed by atoms with Crippen LogP contribution in [0.2, 0.25) is 0 Å². The van der Waals surface area contributed by atoms with Gasteiger partial charge < -0.3 is 9.51 Å². The standard InChI is InChI=1S/C14H20N4O/c1-2-3-4-14-15-7-12(16-14)9-18-6-5-13-11(8-18)10-19-17-13/h7,10H,2-6,8-9H2,1H3,(H,15,16). The number of nitrogens with one attached hydrogen (secondary N) is 1. The molecule has 5 heteroatoms. The summed E-state index contributed by atoms with van der Waals surface area (Å²) >= 11 is 0. The molecule has 1 N–H and O–H groups in total. The molecule has 0 aromatic carbocycles. The molecule has 0 aliphatic carbocycles. The third kappa shape index (κ3) is 2.87. The Morgan fingerprint density at radius 2 is 2.42 bits per heavy atom. The van der Waals surface area contributed by atoms with Crippen LogP contribution in [0.1, 0.15) is 42.5 Å². The number of hydrogen-bond acceptors (Lipinski definition) is 4. The first-order valence-electron chi connectivity index (χ1n) is 7.02. The van der Waals surface area contributed by atoms with E-state index in [1.54, 1.807) is 6.26 Å². The molecule has 0 saturated carbocycles. The van der Waals surface area contributed by atoms with Gasteiger partial charge in [-0.25, -0.2) is 4.98 Å². The third-order valence-electron chi connectivity index (χ3n) is 3.63. The van der Waals surface area contributed by atoms with E-state index in [0.29, 0.717) is 0 Å². The van der Waals surface area contributed by atoms with Crippen molar-refractivity contribution in [2.45, 2.75) is 45.7 Å². The Balaban J connectivity index is 1.58. The molecule has 0 unspecified atom stereocenters. The van der Waals surface area contributed by atoms with E-state index in [0.717, 1.165) is 44.0 Å². The van der Waals surface area contributed by atoms with Gasteiger partial charge in [0.05, 0.1) is 5.69 Å². The lowest BCUT2D eigenvalue weighted by atomic mass is 10.1. The number of aromatic amines is 1. The molecule has 3 rings (SSSR count). The van der Waals surface area contributed by atoms with Gasteiger partial charge in [-0.1, -0.05) is 18.5 Å². The first-order chi connectivity index (χ1) is 9.35. The maximum absolute atomic E-state index is 5.02. The van der Waals surface area contributed by atoms with E-state index in [1.165, 1.54) is 24.1 Å². The topological polar surface area (TPSA) is 58.0 Å². The van der Waals surface area contributed by atoms with Crippen molar-refractivity contribution in [3.8, 4) is 0 Å². The van der Waals surface area contributed by atoms with Crippen LogP contribution in [0.3, 0.4) is 0 Å². The van der Waals surface area contributed by atoms with E-state index in [4.69, 9.17) is 4.52 Å². The summed E-state index contributed by atoms with van der Waals surface area (Å²) in [6.45, 7) is 5.07. The Morgan fingerprint density at radius 1 is 1.47 bits per heavy atom. The zero-order valence-corrected chi connectivity index (χ0v) is 11.4. The van der Waals surface area contributed by atoms with E-state index in [2.05, 4.69) is 26.9 Å². The van der Waals surface area contributed by atoms with E-state index in [-0.39, 0.29) is 0 Å². The Bertz CT molecular complexity index is 531. The molecule has 2 aromatic heterocycles. The number of unbranched alkanes of at least 4 members (excludes halogenated alkanes) is 1. The van der Waals surface area contributed by atoms with Crippen molar-refractivity contribution in [3.63, 3.8) is 0 Å². The predicted molar refractivity (Wildman–Crippen MR) is 71.5 cm³/mol. The molecular formula is C14H20N4O. The van der Waals surface area contributed by atoms with Gasteiger partial charge in [-0.15, -0.1) is 0 Å². The summed E-state index contributed by atoms with van der Waals surface area (Å²) in [5, 5.41) is 4.01. The first kappa shape index (κ1) is 12.4. The van der Waals surface area contributed by atoms with Crippen LogP contribution in [-0.4, -0.2) is 26.6 Å². The van der Waals surface area contributed by atoms with Crippen molar-refractivity contribution >= 4 is 0 Å². The smallest absolute Gasteiger partial charge is 0.128 e. The van der Waals surface area contributed by atoms with Crippen molar-refractivity contribution in [3.05, 3.63) is 35.2 Å². The molecule has 0 fully saturated rings. The zero-order valence-electron chi connectivity index (χ0n) is 11.4. The maximum Gasteiger partial charge on any atom is 0.128 e. The van der Waals surface area contributed by atoms with Crippen LogP contribution in [0, 0.1) is 0 Å². The monoisotopic (exact) mass is 260 g/mol. The van der Waals surface area contributed by atoms with Gasteiger partial charge in [0.15, 0.2) is 0 Å². The molecule has 2 aromatic rings.